The van der Waals surface area contributed by atoms with Crippen LogP contribution in [0, 0.1) is 0 Å². The van der Waals surface area contributed by atoms with Crippen molar-refractivity contribution in [3.05, 3.63) is 142 Å². The van der Waals surface area contributed by atoms with Gasteiger partial charge in [-0.3, -0.25) is 36.2 Å². The van der Waals surface area contributed by atoms with Crippen LogP contribution in [0.25, 0.3) is 0 Å². The minimum Gasteiger partial charge on any atom is -0.297 e. The fourth-order valence-electron chi connectivity index (χ4n) is 7.71. The zero-order chi connectivity index (χ0) is 49.2. The van der Waals surface area contributed by atoms with Gasteiger partial charge in [-0.2, -0.15) is 18.7 Å². The molecule has 376 valence electrons. The van der Waals surface area contributed by atoms with Crippen molar-refractivity contribution in [2.45, 2.75) is 108 Å². The maximum absolute atomic E-state index is 14.5. The van der Waals surface area contributed by atoms with E-state index in [1.165, 1.54) is 0 Å². The fraction of sp³-hybridized carbons (Fsp3) is 0.500. The van der Waals surface area contributed by atoms with Crippen LogP contribution in [0.2, 0.25) is 0 Å². The third kappa shape index (κ3) is 15.7. The quantitative estimate of drug-likeness (QED) is 0.0770. The molecule has 20 heteroatoms. The van der Waals surface area contributed by atoms with Crippen molar-refractivity contribution in [2.75, 3.05) is 52.9 Å². The zero-order valence-electron chi connectivity index (χ0n) is 41.0. The lowest BCUT2D eigenvalue weighted by atomic mass is 10.1. The molecule has 0 atom stereocenters. The molecule has 0 radical (unpaired) electrons. The summed E-state index contributed by atoms with van der Waals surface area (Å²) < 4.78 is 112. The molecule has 0 saturated carbocycles. The van der Waals surface area contributed by atoms with E-state index in [-0.39, 0.29) is 105 Å². The second-order valence-corrected chi connectivity index (χ2v) is 23.8. The summed E-state index contributed by atoms with van der Waals surface area (Å²) in [5.74, 6) is 0. The highest BCUT2D eigenvalue weighted by molar-refractivity contribution is 7.52. The van der Waals surface area contributed by atoms with E-state index in [0.29, 0.717) is 0 Å². The summed E-state index contributed by atoms with van der Waals surface area (Å²) in [6, 6.07) is 31.2. The molecule has 11 rings (SSSR count). The Morgan fingerprint density at radius 1 is 0.265 bits per heavy atom. The first-order chi connectivity index (χ1) is 32.7. The maximum atomic E-state index is 14.5. The number of rotatable bonds is 20. The normalized spacial score (nSPS) is 16.1. The Morgan fingerprint density at radius 3 is 0.456 bits per heavy atom. The minimum atomic E-state index is -3.76. The van der Waals surface area contributed by atoms with Gasteiger partial charge in [-0.15, -0.1) is 0 Å². The lowest BCUT2D eigenvalue weighted by molar-refractivity contribution is 0.160. The molecule has 0 aromatic heterocycles. The summed E-state index contributed by atoms with van der Waals surface area (Å²) in [6.07, 6.45) is 0. The fourth-order valence-corrected chi connectivity index (χ4v) is 14.6. The monoisotopic (exact) mass is 1020 g/mol. The van der Waals surface area contributed by atoms with E-state index in [4.69, 9.17) is 36.2 Å². The predicted molar refractivity (Wildman–Crippen MR) is 266 cm³/mol. The molecular weight excluding hydrogens is 948 g/mol. The Morgan fingerprint density at radius 2 is 0.368 bits per heavy atom. The summed E-state index contributed by atoms with van der Waals surface area (Å²) in [6.45, 7) is 17.7. The van der Waals surface area contributed by atoms with E-state index < -0.39 is 31.0 Å². The van der Waals surface area contributed by atoms with Crippen LogP contribution in [0.15, 0.2) is 97.1 Å². The third-order valence-corrected chi connectivity index (χ3v) is 19.3. The van der Waals surface area contributed by atoms with Crippen molar-refractivity contribution >= 4 is 31.0 Å². The van der Waals surface area contributed by atoms with Gasteiger partial charge in [0.15, 0.2) is 0 Å². The van der Waals surface area contributed by atoms with Gasteiger partial charge in [0.1, 0.15) is 0 Å². The van der Waals surface area contributed by atoms with Crippen molar-refractivity contribution in [3.8, 4) is 0 Å². The molecule has 0 spiro atoms. The Kier molecular flexibility index (Phi) is 22.5. The second kappa shape index (κ2) is 27.2. The first-order valence-electron chi connectivity index (χ1n) is 23.6. The molecule has 0 unspecified atom stereocenters. The van der Waals surface area contributed by atoms with Crippen LogP contribution >= 0.6 is 31.0 Å². The molecule has 4 aromatic rings. The average molecular weight is 1020 g/mol. The van der Waals surface area contributed by atoms with E-state index in [1.54, 1.807) is 74.1 Å². The number of hydrogen-bond acceptors (Lipinski definition) is 12. The smallest absolute Gasteiger partial charge is 0.297 e. The van der Waals surface area contributed by atoms with Gasteiger partial charge < -0.3 is 0 Å². The first kappa shape index (κ1) is 56.2. The van der Waals surface area contributed by atoms with E-state index in [1.807, 2.05) is 97.1 Å². The van der Waals surface area contributed by atoms with E-state index >= 15 is 0 Å². The van der Waals surface area contributed by atoms with E-state index in [0.717, 1.165) is 44.5 Å². The van der Waals surface area contributed by atoms with E-state index in [9.17, 15) is 18.3 Å². The van der Waals surface area contributed by atoms with Gasteiger partial charge >= 0.3 is 31.0 Å². The van der Waals surface area contributed by atoms with Crippen molar-refractivity contribution < 1.29 is 54.5 Å². The predicted octanol–water partition coefficient (Wildman–Crippen LogP) is 12.7. The highest BCUT2D eigenvalue weighted by atomic mass is 31.2. The van der Waals surface area contributed by atoms with Crippen LogP contribution < -0.4 is 0 Å². The molecule has 0 fully saturated rings. The summed E-state index contributed by atoms with van der Waals surface area (Å²) >= 11 is 0. The molecule has 0 aliphatic carbocycles. The molecule has 7 heterocycles. The van der Waals surface area contributed by atoms with Crippen molar-refractivity contribution in [3.63, 3.8) is 0 Å². The lowest BCUT2D eigenvalue weighted by Gasteiger charge is -2.31. The summed E-state index contributed by atoms with van der Waals surface area (Å²) in [7, 11) is -15.0. The number of hydrogen-bond donors (Lipinski definition) is 0. The Labute approximate surface area is 404 Å². The highest BCUT2D eigenvalue weighted by Crippen LogP contribution is 2.57. The van der Waals surface area contributed by atoms with Crippen LogP contribution in [0.5, 0.6) is 0 Å². The minimum absolute atomic E-state index is 0.185. The summed E-state index contributed by atoms with van der Waals surface area (Å²) in [5, 5.41) is 0. The van der Waals surface area contributed by atoms with Gasteiger partial charge in [0.2, 0.25) is 0 Å². The van der Waals surface area contributed by atoms with Crippen LogP contribution in [-0.4, -0.2) is 71.5 Å². The lowest BCUT2D eigenvalue weighted by Crippen LogP contribution is -2.24. The molecule has 0 saturated heterocycles. The third-order valence-electron chi connectivity index (χ3n) is 10.7. The largest absolute Gasteiger partial charge is 0.408 e. The standard InChI is InChI=1S/C48H72N4O12P4/c1-9-57-65(53,58-10-2)49-33-41-17-21-43(22-18-41)35-50(66(54,59-11-3)60-12-4)37-45-25-29-47(30-26-45)39-52(68(56,63-15-7)64-16-8)40-48-31-27-46(28-32-48)38-51(67(55,61-13-5)62-14-6)36-44-23-19-42(34-49)20-24-44/h17-32H,9-16,33-40H2,1-8H3. The number of nitrogens with zero attached hydrogens (tertiary/aromatic N) is 4. The van der Waals surface area contributed by atoms with Crippen molar-refractivity contribution in [1.29, 1.82) is 0 Å². The molecule has 4 aromatic carbocycles. The topological polar surface area (TPSA) is 155 Å². The Balaban J connectivity index is 1.61. The molecule has 0 amide bonds. The molecule has 68 heavy (non-hydrogen) atoms. The van der Waals surface area contributed by atoms with Gasteiger partial charge in [-0.05, 0) is 99.9 Å². The summed E-state index contributed by atoms with van der Waals surface area (Å²) in [4.78, 5) is 0. The molecular formula is C48H72N4O12P4. The van der Waals surface area contributed by atoms with Gasteiger partial charge in [0, 0.05) is 52.4 Å². The van der Waals surface area contributed by atoms with Gasteiger partial charge in [-0.25, -0.2) is 18.3 Å². The molecule has 7 aliphatic rings. The average Bonchev–Trinajstić information content (AvgIpc) is 3.31. The molecule has 8 bridgehead atoms. The van der Waals surface area contributed by atoms with Gasteiger partial charge in [0.25, 0.3) is 0 Å². The molecule has 7 aliphatic heterocycles. The van der Waals surface area contributed by atoms with Gasteiger partial charge in [-0.1, -0.05) is 97.1 Å². The van der Waals surface area contributed by atoms with Crippen LogP contribution in [0.3, 0.4) is 0 Å². The van der Waals surface area contributed by atoms with Crippen LogP contribution in [0.4, 0.5) is 0 Å². The Bertz CT molecular complexity index is 1860. The van der Waals surface area contributed by atoms with E-state index in [2.05, 4.69) is 0 Å². The zero-order valence-corrected chi connectivity index (χ0v) is 44.6. The second-order valence-electron chi connectivity index (χ2n) is 15.8. The SMILES string of the molecule is CCOP(=O)(OCC)N1Cc2ccc(cc2)CN(P(=O)(OCC)OCC)Cc2ccc(cc2)CN(P(=O)(OCC)OCC)Cc2ccc(cc2)CN(P(=O)(OCC)OCC)Cc2ccc(cc2)C1. The van der Waals surface area contributed by atoms with Gasteiger partial charge in [0.05, 0.1) is 52.9 Å². The first-order valence-corrected chi connectivity index (χ1v) is 29.6. The summed E-state index contributed by atoms with van der Waals surface area (Å²) in [5.41, 5.74) is 6.86. The van der Waals surface area contributed by atoms with Crippen molar-refractivity contribution in [1.82, 2.24) is 18.7 Å². The van der Waals surface area contributed by atoms with Crippen LogP contribution in [0.1, 0.15) is 99.9 Å². The van der Waals surface area contributed by atoms with Crippen molar-refractivity contribution in [2.24, 2.45) is 0 Å². The highest BCUT2D eigenvalue weighted by Gasteiger charge is 2.37. The molecule has 16 nitrogen and oxygen atoms in total. The number of benzene rings is 4. The molecule has 0 N–H and O–H groups in total. The Hall–Kier alpha value is -2.68. The van der Waals surface area contributed by atoms with Crippen LogP contribution in [-0.2, 0) is 107 Å². The maximum Gasteiger partial charge on any atom is 0.408 e.